The first-order valence-corrected chi connectivity index (χ1v) is 12.3. The highest BCUT2D eigenvalue weighted by Gasteiger charge is 2.22. The van der Waals surface area contributed by atoms with Crippen LogP contribution in [-0.2, 0) is 21.4 Å². The van der Waals surface area contributed by atoms with Crippen LogP contribution in [0.3, 0.4) is 0 Å². The predicted octanol–water partition coefficient (Wildman–Crippen LogP) is 3.17. The van der Waals surface area contributed by atoms with Gasteiger partial charge in [-0.1, -0.05) is 55.8 Å². The fraction of sp³-hybridized carbons (Fsp3) is 0.375. The molecular weight excluding hydrogens is 410 g/mol. The van der Waals surface area contributed by atoms with Crippen molar-refractivity contribution in [3.63, 3.8) is 0 Å². The molecule has 0 saturated carbocycles. The summed E-state index contributed by atoms with van der Waals surface area (Å²) in [5, 5.41) is 3.02. The zero-order chi connectivity index (χ0) is 22.1. The molecule has 166 valence electrons. The van der Waals surface area contributed by atoms with E-state index in [9.17, 15) is 13.2 Å². The van der Waals surface area contributed by atoms with Crippen LogP contribution in [0, 0.1) is 0 Å². The predicted molar refractivity (Wildman–Crippen MR) is 124 cm³/mol. The van der Waals surface area contributed by atoms with E-state index in [1.807, 2.05) is 6.07 Å². The average molecular weight is 442 g/mol. The zero-order valence-electron chi connectivity index (χ0n) is 18.0. The molecule has 1 heterocycles. The van der Waals surface area contributed by atoms with Crippen molar-refractivity contribution in [3.8, 4) is 0 Å². The van der Waals surface area contributed by atoms with Crippen molar-refractivity contribution in [1.82, 2.24) is 14.9 Å². The second-order valence-electron chi connectivity index (χ2n) is 7.75. The lowest BCUT2D eigenvalue weighted by molar-refractivity contribution is -0.116. The fourth-order valence-corrected chi connectivity index (χ4v) is 4.84. The maximum atomic E-state index is 12.3. The van der Waals surface area contributed by atoms with E-state index in [0.29, 0.717) is 19.1 Å². The van der Waals surface area contributed by atoms with Gasteiger partial charge < -0.3 is 5.32 Å². The molecule has 1 amide bonds. The molecule has 2 aromatic carbocycles. The molecule has 0 aliphatic carbocycles. The summed E-state index contributed by atoms with van der Waals surface area (Å²) in [4.78, 5) is 15.0. The van der Waals surface area contributed by atoms with Crippen molar-refractivity contribution in [2.75, 3.05) is 19.6 Å². The number of sulfonamides is 1. The first-order valence-electron chi connectivity index (χ1n) is 10.8. The highest BCUT2D eigenvalue weighted by Crippen LogP contribution is 2.19. The number of likely N-dealkylation sites (tertiary alicyclic amines) is 1. The van der Waals surface area contributed by atoms with Crippen LogP contribution in [0.1, 0.15) is 37.3 Å². The summed E-state index contributed by atoms with van der Waals surface area (Å²) in [5.74, 6) is -0.144. The number of hydrogen-bond acceptors (Lipinski definition) is 4. The van der Waals surface area contributed by atoms with Gasteiger partial charge in [0.25, 0.3) is 0 Å². The number of benzene rings is 2. The van der Waals surface area contributed by atoms with Gasteiger partial charge in [-0.15, -0.1) is 0 Å². The molecule has 1 fully saturated rings. The smallest absolute Gasteiger partial charge is 0.244 e. The minimum atomic E-state index is -3.47. The molecule has 1 aliphatic rings. The molecule has 2 N–H and O–H groups in total. The number of amides is 1. The van der Waals surface area contributed by atoms with E-state index in [-0.39, 0.29) is 10.8 Å². The van der Waals surface area contributed by atoms with Crippen LogP contribution in [0.4, 0.5) is 0 Å². The Hall–Kier alpha value is -2.48. The van der Waals surface area contributed by atoms with Crippen molar-refractivity contribution < 1.29 is 13.2 Å². The van der Waals surface area contributed by atoms with Gasteiger partial charge >= 0.3 is 0 Å². The Morgan fingerprint density at radius 3 is 2.55 bits per heavy atom. The third-order valence-electron chi connectivity index (χ3n) is 5.44. The SMILES string of the molecule is CCNS(=O)(=O)c1ccc(C=CC(=O)NCC2CCCCN2Cc2ccccc2)cc1. The number of rotatable bonds is 9. The summed E-state index contributed by atoms with van der Waals surface area (Å²) >= 11 is 0. The molecule has 31 heavy (non-hydrogen) atoms. The quantitative estimate of drug-likeness (QED) is 0.586. The van der Waals surface area contributed by atoms with Gasteiger partial charge in [0.2, 0.25) is 15.9 Å². The van der Waals surface area contributed by atoms with Gasteiger partial charge in [-0.05, 0) is 48.7 Å². The van der Waals surface area contributed by atoms with E-state index in [4.69, 9.17) is 0 Å². The van der Waals surface area contributed by atoms with Crippen LogP contribution in [0.2, 0.25) is 0 Å². The van der Waals surface area contributed by atoms with Crippen molar-refractivity contribution in [2.24, 2.45) is 0 Å². The van der Waals surface area contributed by atoms with Crippen LogP contribution in [0.5, 0.6) is 0 Å². The van der Waals surface area contributed by atoms with Crippen molar-refractivity contribution in [2.45, 2.75) is 43.7 Å². The third kappa shape index (κ3) is 7.02. The number of carbonyl (C=O) groups excluding carboxylic acids is 1. The van der Waals surface area contributed by atoms with Crippen molar-refractivity contribution >= 4 is 22.0 Å². The van der Waals surface area contributed by atoms with Gasteiger partial charge in [0.15, 0.2) is 0 Å². The lowest BCUT2D eigenvalue weighted by Gasteiger charge is -2.35. The van der Waals surface area contributed by atoms with Gasteiger partial charge in [-0.3, -0.25) is 9.69 Å². The summed E-state index contributed by atoms with van der Waals surface area (Å²) in [7, 11) is -3.47. The van der Waals surface area contributed by atoms with Crippen LogP contribution < -0.4 is 10.0 Å². The molecule has 0 bridgehead atoms. The molecule has 0 aromatic heterocycles. The maximum absolute atomic E-state index is 12.3. The fourth-order valence-electron chi connectivity index (χ4n) is 3.80. The highest BCUT2D eigenvalue weighted by molar-refractivity contribution is 7.89. The number of hydrogen-bond donors (Lipinski definition) is 2. The van der Waals surface area contributed by atoms with Gasteiger partial charge in [0.1, 0.15) is 0 Å². The topological polar surface area (TPSA) is 78.5 Å². The molecule has 0 radical (unpaired) electrons. The van der Waals surface area contributed by atoms with Crippen LogP contribution >= 0.6 is 0 Å². The molecule has 0 spiro atoms. The summed E-state index contributed by atoms with van der Waals surface area (Å²) < 4.78 is 26.4. The first kappa shape index (κ1) is 23.2. The van der Waals surface area contributed by atoms with Gasteiger partial charge in [-0.25, -0.2) is 13.1 Å². The minimum Gasteiger partial charge on any atom is -0.351 e. The van der Waals surface area contributed by atoms with Crippen LogP contribution in [-0.4, -0.2) is 44.9 Å². The average Bonchev–Trinajstić information content (AvgIpc) is 2.78. The molecule has 1 saturated heterocycles. The lowest BCUT2D eigenvalue weighted by atomic mass is 10.0. The molecule has 7 heteroatoms. The maximum Gasteiger partial charge on any atom is 0.244 e. The highest BCUT2D eigenvalue weighted by atomic mass is 32.2. The molecule has 1 unspecified atom stereocenters. The summed E-state index contributed by atoms with van der Waals surface area (Å²) in [6.45, 7) is 4.65. The number of piperidine rings is 1. The summed E-state index contributed by atoms with van der Waals surface area (Å²) in [6.07, 6.45) is 6.65. The molecular formula is C24H31N3O3S. The minimum absolute atomic E-state index is 0.144. The van der Waals surface area contributed by atoms with Gasteiger partial charge in [-0.2, -0.15) is 0 Å². The van der Waals surface area contributed by atoms with E-state index in [0.717, 1.165) is 25.1 Å². The monoisotopic (exact) mass is 441 g/mol. The van der Waals surface area contributed by atoms with Crippen molar-refractivity contribution in [3.05, 3.63) is 71.8 Å². The van der Waals surface area contributed by atoms with Gasteiger partial charge in [0, 0.05) is 31.8 Å². The Balaban J connectivity index is 1.52. The van der Waals surface area contributed by atoms with Crippen LogP contribution in [0.25, 0.3) is 6.08 Å². The van der Waals surface area contributed by atoms with E-state index in [1.165, 1.54) is 24.5 Å². The number of carbonyl (C=O) groups is 1. The second kappa shape index (κ2) is 11.2. The van der Waals surface area contributed by atoms with Crippen molar-refractivity contribution in [1.29, 1.82) is 0 Å². The molecule has 2 aromatic rings. The summed E-state index contributed by atoms with van der Waals surface area (Å²) in [6, 6.07) is 17.2. The zero-order valence-corrected chi connectivity index (χ0v) is 18.8. The Bertz CT molecular complexity index is 973. The summed E-state index contributed by atoms with van der Waals surface area (Å²) in [5.41, 5.74) is 2.06. The largest absolute Gasteiger partial charge is 0.351 e. The Morgan fingerprint density at radius 1 is 1.10 bits per heavy atom. The second-order valence-corrected chi connectivity index (χ2v) is 9.52. The number of nitrogens with zero attached hydrogens (tertiary/aromatic N) is 1. The Morgan fingerprint density at radius 2 is 1.84 bits per heavy atom. The lowest BCUT2D eigenvalue weighted by Crippen LogP contribution is -2.45. The third-order valence-corrected chi connectivity index (χ3v) is 7.00. The molecule has 1 aliphatic heterocycles. The molecule has 1 atom stereocenters. The first-order chi connectivity index (χ1) is 15.0. The van der Waals surface area contributed by atoms with E-state index in [2.05, 4.69) is 39.2 Å². The van der Waals surface area contributed by atoms with Gasteiger partial charge in [0.05, 0.1) is 4.90 Å². The Labute approximate surface area is 185 Å². The standard InChI is InChI=1S/C24H31N3O3S/c1-2-26-31(29,30)23-14-11-20(12-15-23)13-16-24(28)25-18-22-10-6-7-17-27(22)19-21-8-4-3-5-9-21/h3-5,8-9,11-16,22,26H,2,6-7,10,17-19H2,1H3,(H,25,28). The number of nitrogens with one attached hydrogen (secondary N) is 2. The van der Waals surface area contributed by atoms with Crippen LogP contribution in [0.15, 0.2) is 65.6 Å². The Kier molecular flexibility index (Phi) is 8.40. The normalized spacial score (nSPS) is 17.6. The van der Waals surface area contributed by atoms with E-state index < -0.39 is 10.0 Å². The molecule has 3 rings (SSSR count). The van der Waals surface area contributed by atoms with E-state index >= 15 is 0 Å². The van der Waals surface area contributed by atoms with E-state index in [1.54, 1.807) is 37.3 Å². The molecule has 6 nitrogen and oxygen atoms in total.